The van der Waals surface area contributed by atoms with E-state index < -0.39 is 11.6 Å². The van der Waals surface area contributed by atoms with E-state index >= 15 is 0 Å². The maximum absolute atomic E-state index is 13.6. The summed E-state index contributed by atoms with van der Waals surface area (Å²) in [6.45, 7) is 4.65. The van der Waals surface area contributed by atoms with Gasteiger partial charge < -0.3 is 10.6 Å². The van der Waals surface area contributed by atoms with E-state index in [0.717, 1.165) is 36.7 Å². The molecular formula is C14H16F2N4. The van der Waals surface area contributed by atoms with E-state index in [2.05, 4.69) is 20.6 Å². The first-order chi connectivity index (χ1) is 9.61. The topological polar surface area (TPSA) is 49.8 Å². The molecule has 0 bridgehead atoms. The van der Waals surface area contributed by atoms with Gasteiger partial charge in [0, 0.05) is 18.2 Å². The number of aromatic nitrogens is 2. The van der Waals surface area contributed by atoms with Crippen LogP contribution in [0.5, 0.6) is 0 Å². The highest BCUT2D eigenvalue weighted by atomic mass is 19.1. The molecule has 0 aliphatic heterocycles. The zero-order valence-corrected chi connectivity index (χ0v) is 11.4. The molecule has 2 rings (SSSR count). The molecule has 0 fully saturated rings. The van der Waals surface area contributed by atoms with Gasteiger partial charge in [-0.2, -0.15) is 0 Å². The molecule has 1 heterocycles. The molecule has 106 valence electrons. The minimum Gasteiger partial charge on any atom is -0.370 e. The number of rotatable bonds is 5. The van der Waals surface area contributed by atoms with Crippen molar-refractivity contribution in [1.29, 1.82) is 0 Å². The number of nitrogens with one attached hydrogen (secondary N) is 2. The molecule has 20 heavy (non-hydrogen) atoms. The molecule has 2 aromatic rings. The maximum Gasteiger partial charge on any atom is 0.146 e. The summed E-state index contributed by atoms with van der Waals surface area (Å²) in [4.78, 5) is 8.19. The van der Waals surface area contributed by atoms with E-state index in [-0.39, 0.29) is 5.69 Å². The average Bonchev–Trinajstić information content (AvgIpc) is 2.44. The molecule has 0 saturated heterocycles. The van der Waals surface area contributed by atoms with Crippen LogP contribution >= 0.6 is 0 Å². The van der Waals surface area contributed by atoms with Gasteiger partial charge in [0.05, 0.1) is 5.69 Å². The van der Waals surface area contributed by atoms with Gasteiger partial charge in [0.15, 0.2) is 0 Å². The minimum atomic E-state index is -0.535. The summed E-state index contributed by atoms with van der Waals surface area (Å²) in [6, 6.07) is 3.24. The Kier molecular flexibility index (Phi) is 4.45. The van der Waals surface area contributed by atoms with Crippen molar-refractivity contribution in [1.82, 2.24) is 9.97 Å². The molecule has 1 aromatic carbocycles. The van der Waals surface area contributed by atoms with Crippen LogP contribution in [0.2, 0.25) is 0 Å². The van der Waals surface area contributed by atoms with Crippen LogP contribution in [0.25, 0.3) is 0 Å². The predicted molar refractivity (Wildman–Crippen MR) is 75.2 cm³/mol. The lowest BCUT2D eigenvalue weighted by atomic mass is 10.2. The normalized spacial score (nSPS) is 10.4. The first-order valence-corrected chi connectivity index (χ1v) is 6.39. The van der Waals surface area contributed by atoms with Crippen LogP contribution in [-0.4, -0.2) is 16.5 Å². The summed E-state index contributed by atoms with van der Waals surface area (Å²) in [5, 5.41) is 5.95. The van der Waals surface area contributed by atoms with E-state index in [1.165, 1.54) is 6.33 Å². The van der Waals surface area contributed by atoms with Crippen molar-refractivity contribution in [2.75, 3.05) is 17.2 Å². The highest BCUT2D eigenvalue weighted by Crippen LogP contribution is 2.24. The summed E-state index contributed by atoms with van der Waals surface area (Å²) in [6.07, 6.45) is 2.34. The van der Waals surface area contributed by atoms with Gasteiger partial charge >= 0.3 is 0 Å². The Labute approximate surface area is 116 Å². The molecule has 0 aliphatic carbocycles. The number of nitrogens with zero attached hydrogens (tertiary/aromatic N) is 2. The minimum absolute atomic E-state index is 0.0493. The third kappa shape index (κ3) is 3.20. The Bertz CT molecular complexity index is 602. The fraction of sp³-hybridized carbons (Fsp3) is 0.286. The molecule has 2 N–H and O–H groups in total. The van der Waals surface area contributed by atoms with Crippen molar-refractivity contribution in [2.45, 2.75) is 20.3 Å². The molecule has 0 aliphatic rings. The Morgan fingerprint density at radius 1 is 1.15 bits per heavy atom. The lowest BCUT2D eigenvalue weighted by Gasteiger charge is -2.12. The van der Waals surface area contributed by atoms with Gasteiger partial charge in [0.2, 0.25) is 0 Å². The molecule has 0 atom stereocenters. The third-order valence-corrected chi connectivity index (χ3v) is 2.81. The predicted octanol–water partition coefficient (Wildman–Crippen LogP) is 3.63. The largest absolute Gasteiger partial charge is 0.370 e. The monoisotopic (exact) mass is 278 g/mol. The van der Waals surface area contributed by atoms with Crippen LogP contribution in [0.3, 0.4) is 0 Å². The molecule has 0 saturated carbocycles. The molecule has 0 amide bonds. The summed E-state index contributed by atoms with van der Waals surface area (Å²) in [5.41, 5.74) is 0.804. The SMILES string of the molecule is CCCNc1ncnc(Nc2cc(F)ccc2F)c1C. The van der Waals surface area contributed by atoms with E-state index in [0.29, 0.717) is 11.6 Å². The summed E-state index contributed by atoms with van der Waals surface area (Å²) in [7, 11) is 0. The lowest BCUT2D eigenvalue weighted by Crippen LogP contribution is -2.07. The fourth-order valence-electron chi connectivity index (χ4n) is 1.72. The lowest BCUT2D eigenvalue weighted by molar-refractivity contribution is 0.603. The summed E-state index contributed by atoms with van der Waals surface area (Å²) >= 11 is 0. The zero-order chi connectivity index (χ0) is 14.5. The second-order valence-corrected chi connectivity index (χ2v) is 4.37. The molecule has 4 nitrogen and oxygen atoms in total. The smallest absolute Gasteiger partial charge is 0.146 e. The first-order valence-electron chi connectivity index (χ1n) is 6.39. The van der Waals surface area contributed by atoms with Crippen molar-refractivity contribution < 1.29 is 8.78 Å². The molecule has 0 unspecified atom stereocenters. The highest BCUT2D eigenvalue weighted by Gasteiger charge is 2.10. The van der Waals surface area contributed by atoms with E-state index in [1.807, 2.05) is 13.8 Å². The molecule has 0 spiro atoms. The van der Waals surface area contributed by atoms with Crippen LogP contribution in [0.4, 0.5) is 26.1 Å². The summed E-state index contributed by atoms with van der Waals surface area (Å²) in [5.74, 6) is 0.0849. The molecule has 1 aromatic heterocycles. The van der Waals surface area contributed by atoms with E-state index in [1.54, 1.807) is 0 Å². The van der Waals surface area contributed by atoms with Crippen LogP contribution in [0.15, 0.2) is 24.5 Å². The third-order valence-electron chi connectivity index (χ3n) is 2.81. The molecule has 6 heteroatoms. The Hall–Kier alpha value is -2.24. The standard InChI is InChI=1S/C14H16F2N4/c1-3-6-17-13-9(2)14(19-8-18-13)20-12-7-10(15)4-5-11(12)16/h4-5,7-8H,3,6H2,1-2H3,(H2,17,18,19,20). The zero-order valence-electron chi connectivity index (χ0n) is 11.4. The number of hydrogen-bond donors (Lipinski definition) is 2. The van der Waals surface area contributed by atoms with Gasteiger partial charge in [-0.25, -0.2) is 18.7 Å². The summed E-state index contributed by atoms with van der Waals surface area (Å²) < 4.78 is 26.7. The second kappa shape index (κ2) is 6.27. The maximum atomic E-state index is 13.6. The molecular weight excluding hydrogens is 262 g/mol. The number of halogens is 2. The van der Waals surface area contributed by atoms with Crippen LogP contribution in [0, 0.1) is 18.6 Å². The number of benzene rings is 1. The van der Waals surface area contributed by atoms with Crippen LogP contribution < -0.4 is 10.6 Å². The van der Waals surface area contributed by atoms with Gasteiger partial charge in [0.1, 0.15) is 29.6 Å². The second-order valence-electron chi connectivity index (χ2n) is 4.37. The van der Waals surface area contributed by atoms with Gasteiger partial charge in [-0.05, 0) is 25.5 Å². The van der Waals surface area contributed by atoms with Crippen molar-refractivity contribution in [3.63, 3.8) is 0 Å². The first kappa shape index (κ1) is 14.2. The van der Waals surface area contributed by atoms with Gasteiger partial charge in [-0.1, -0.05) is 6.92 Å². The van der Waals surface area contributed by atoms with Gasteiger partial charge in [0.25, 0.3) is 0 Å². The molecule has 0 radical (unpaired) electrons. The number of hydrogen-bond acceptors (Lipinski definition) is 4. The quantitative estimate of drug-likeness (QED) is 0.877. The highest BCUT2D eigenvalue weighted by molar-refractivity contribution is 5.64. The average molecular weight is 278 g/mol. The van der Waals surface area contributed by atoms with Crippen LogP contribution in [0.1, 0.15) is 18.9 Å². The van der Waals surface area contributed by atoms with Crippen LogP contribution in [-0.2, 0) is 0 Å². The van der Waals surface area contributed by atoms with Crippen molar-refractivity contribution in [2.24, 2.45) is 0 Å². The Morgan fingerprint density at radius 3 is 2.65 bits per heavy atom. The van der Waals surface area contributed by atoms with Gasteiger partial charge in [-0.15, -0.1) is 0 Å². The van der Waals surface area contributed by atoms with Crippen molar-refractivity contribution in [3.05, 3.63) is 41.7 Å². The fourth-order valence-corrected chi connectivity index (χ4v) is 1.72. The van der Waals surface area contributed by atoms with Gasteiger partial charge in [-0.3, -0.25) is 0 Å². The Morgan fingerprint density at radius 2 is 1.90 bits per heavy atom. The van der Waals surface area contributed by atoms with E-state index in [4.69, 9.17) is 0 Å². The Balaban J connectivity index is 2.27. The van der Waals surface area contributed by atoms with Crippen molar-refractivity contribution in [3.8, 4) is 0 Å². The van der Waals surface area contributed by atoms with E-state index in [9.17, 15) is 8.78 Å². The number of anilines is 3. The van der Waals surface area contributed by atoms with Crippen molar-refractivity contribution >= 4 is 17.3 Å².